The molecule has 0 aromatic carbocycles. The minimum Gasteiger partial charge on any atom is -0.345 e. The fourth-order valence-electron chi connectivity index (χ4n) is 3.79. The van der Waals surface area contributed by atoms with Crippen molar-refractivity contribution in [1.82, 2.24) is 19.6 Å². The number of amides is 2. The maximum atomic E-state index is 12.6. The number of nitrogens with zero attached hydrogens (tertiary/aromatic N) is 4. The van der Waals surface area contributed by atoms with E-state index in [1.807, 2.05) is 28.9 Å². The minimum absolute atomic E-state index is 0.110. The van der Waals surface area contributed by atoms with E-state index >= 15 is 0 Å². The first-order valence-electron chi connectivity index (χ1n) is 8.67. The normalized spacial score (nSPS) is 22.0. The third-order valence-corrected chi connectivity index (χ3v) is 5.09. The third-order valence-electron chi connectivity index (χ3n) is 5.09. The smallest absolute Gasteiger partial charge is 0.227 e. The highest BCUT2D eigenvalue weighted by Crippen LogP contribution is 2.30. The SMILES string of the molecule is CN(CCCn1cccn1)C(=O)C1CC(=O)N(C2CCCC2)C1. The summed E-state index contributed by atoms with van der Waals surface area (Å²) in [6, 6.07) is 2.28. The van der Waals surface area contributed by atoms with Crippen molar-refractivity contribution in [1.29, 1.82) is 0 Å². The van der Waals surface area contributed by atoms with E-state index in [1.165, 1.54) is 12.8 Å². The molecule has 1 atom stereocenters. The molecule has 1 aromatic rings. The van der Waals surface area contributed by atoms with Crippen molar-refractivity contribution in [2.45, 2.75) is 51.1 Å². The quantitative estimate of drug-likeness (QED) is 0.799. The molecule has 23 heavy (non-hydrogen) atoms. The van der Waals surface area contributed by atoms with Gasteiger partial charge in [0.1, 0.15) is 0 Å². The highest BCUT2D eigenvalue weighted by molar-refractivity contribution is 5.89. The predicted octanol–water partition coefficient (Wildman–Crippen LogP) is 1.52. The molecule has 0 radical (unpaired) electrons. The number of hydrogen-bond acceptors (Lipinski definition) is 3. The van der Waals surface area contributed by atoms with Crippen LogP contribution in [0.5, 0.6) is 0 Å². The van der Waals surface area contributed by atoms with E-state index in [-0.39, 0.29) is 17.7 Å². The molecule has 1 saturated carbocycles. The monoisotopic (exact) mass is 318 g/mol. The lowest BCUT2D eigenvalue weighted by Crippen LogP contribution is -2.38. The Hall–Kier alpha value is -1.85. The van der Waals surface area contributed by atoms with E-state index in [1.54, 1.807) is 11.1 Å². The summed E-state index contributed by atoms with van der Waals surface area (Å²) in [5, 5.41) is 4.16. The van der Waals surface area contributed by atoms with Gasteiger partial charge in [0.15, 0.2) is 0 Å². The van der Waals surface area contributed by atoms with E-state index in [4.69, 9.17) is 0 Å². The second kappa shape index (κ2) is 7.15. The molecule has 6 nitrogen and oxygen atoms in total. The van der Waals surface area contributed by atoms with Gasteiger partial charge in [-0.05, 0) is 25.3 Å². The maximum Gasteiger partial charge on any atom is 0.227 e. The summed E-state index contributed by atoms with van der Waals surface area (Å²) in [7, 11) is 1.84. The standard InChI is InChI=1S/C17H26N4O2/c1-19(9-5-11-20-10-4-8-18-20)17(23)14-12-16(22)21(13-14)15-6-2-3-7-15/h4,8,10,14-15H,2-3,5-7,9,11-13H2,1H3. The van der Waals surface area contributed by atoms with Gasteiger partial charge in [0, 0.05) is 51.5 Å². The number of carbonyl (C=O) groups is 2. The molecule has 3 rings (SSSR count). The lowest BCUT2D eigenvalue weighted by molar-refractivity contribution is -0.134. The number of likely N-dealkylation sites (tertiary alicyclic amines) is 1. The van der Waals surface area contributed by atoms with Crippen LogP contribution in [0.1, 0.15) is 38.5 Å². The first kappa shape index (κ1) is 16.0. The topological polar surface area (TPSA) is 58.4 Å². The van der Waals surface area contributed by atoms with Crippen LogP contribution in [-0.4, -0.2) is 57.6 Å². The van der Waals surface area contributed by atoms with Gasteiger partial charge < -0.3 is 9.80 Å². The first-order chi connectivity index (χ1) is 11.1. The summed E-state index contributed by atoms with van der Waals surface area (Å²) in [5.41, 5.74) is 0. The summed E-state index contributed by atoms with van der Waals surface area (Å²) in [4.78, 5) is 28.5. The number of aryl methyl sites for hydroxylation is 1. The van der Waals surface area contributed by atoms with Gasteiger partial charge in [-0.25, -0.2) is 0 Å². The zero-order valence-corrected chi connectivity index (χ0v) is 13.9. The second-order valence-electron chi connectivity index (χ2n) is 6.77. The Balaban J connectivity index is 1.46. The zero-order valence-electron chi connectivity index (χ0n) is 13.9. The summed E-state index contributed by atoms with van der Waals surface area (Å²) >= 11 is 0. The van der Waals surface area contributed by atoms with Crippen LogP contribution in [-0.2, 0) is 16.1 Å². The molecule has 2 aliphatic rings. The fourth-order valence-corrected chi connectivity index (χ4v) is 3.79. The average molecular weight is 318 g/mol. The number of carbonyl (C=O) groups excluding carboxylic acids is 2. The molecule has 6 heteroatoms. The van der Waals surface area contributed by atoms with E-state index in [2.05, 4.69) is 5.10 Å². The number of rotatable bonds is 6. The Labute approximate surface area is 137 Å². The zero-order chi connectivity index (χ0) is 16.2. The van der Waals surface area contributed by atoms with E-state index in [0.717, 1.165) is 25.8 Å². The molecule has 1 unspecified atom stereocenters. The van der Waals surface area contributed by atoms with Gasteiger partial charge in [0.2, 0.25) is 11.8 Å². The predicted molar refractivity (Wildman–Crippen MR) is 86.6 cm³/mol. The van der Waals surface area contributed by atoms with E-state index in [9.17, 15) is 9.59 Å². The summed E-state index contributed by atoms with van der Waals surface area (Å²) < 4.78 is 1.87. The van der Waals surface area contributed by atoms with Crippen molar-refractivity contribution >= 4 is 11.8 Å². The molecule has 1 saturated heterocycles. The average Bonchev–Trinajstić information content (AvgIpc) is 3.27. The molecule has 1 aliphatic carbocycles. The Morgan fingerprint density at radius 3 is 2.87 bits per heavy atom. The first-order valence-corrected chi connectivity index (χ1v) is 8.67. The van der Waals surface area contributed by atoms with Crippen LogP contribution in [0.15, 0.2) is 18.5 Å². The van der Waals surface area contributed by atoms with Crippen molar-refractivity contribution in [2.75, 3.05) is 20.1 Å². The van der Waals surface area contributed by atoms with Crippen LogP contribution in [0.3, 0.4) is 0 Å². The fraction of sp³-hybridized carbons (Fsp3) is 0.706. The molecule has 0 N–H and O–H groups in total. The Bertz CT molecular complexity index is 537. The van der Waals surface area contributed by atoms with Crippen molar-refractivity contribution < 1.29 is 9.59 Å². The van der Waals surface area contributed by atoms with Crippen LogP contribution in [0, 0.1) is 5.92 Å². The van der Waals surface area contributed by atoms with E-state index < -0.39 is 0 Å². The van der Waals surface area contributed by atoms with Gasteiger partial charge >= 0.3 is 0 Å². The Morgan fingerprint density at radius 1 is 1.39 bits per heavy atom. The molecule has 2 fully saturated rings. The van der Waals surface area contributed by atoms with Gasteiger partial charge in [0.25, 0.3) is 0 Å². The molecule has 126 valence electrons. The van der Waals surface area contributed by atoms with Crippen LogP contribution in [0.4, 0.5) is 0 Å². The van der Waals surface area contributed by atoms with Crippen LogP contribution < -0.4 is 0 Å². The second-order valence-corrected chi connectivity index (χ2v) is 6.77. The molecule has 0 spiro atoms. The summed E-state index contributed by atoms with van der Waals surface area (Å²) in [6.45, 7) is 2.13. The largest absolute Gasteiger partial charge is 0.345 e. The van der Waals surface area contributed by atoms with Crippen molar-refractivity contribution in [3.63, 3.8) is 0 Å². The lowest BCUT2D eigenvalue weighted by atomic mass is 10.1. The molecule has 2 amide bonds. The Kier molecular flexibility index (Phi) is 4.98. The van der Waals surface area contributed by atoms with Crippen LogP contribution >= 0.6 is 0 Å². The van der Waals surface area contributed by atoms with Gasteiger partial charge in [-0.15, -0.1) is 0 Å². The maximum absolute atomic E-state index is 12.6. The summed E-state index contributed by atoms with van der Waals surface area (Å²) in [5.74, 6) is 0.123. The van der Waals surface area contributed by atoms with Crippen LogP contribution in [0.2, 0.25) is 0 Å². The number of aromatic nitrogens is 2. The molecular weight excluding hydrogens is 292 g/mol. The highest BCUT2D eigenvalue weighted by Gasteiger charge is 2.39. The van der Waals surface area contributed by atoms with Gasteiger partial charge in [-0.3, -0.25) is 14.3 Å². The molecular formula is C17H26N4O2. The third kappa shape index (κ3) is 3.74. The Morgan fingerprint density at radius 2 is 2.17 bits per heavy atom. The van der Waals surface area contributed by atoms with Gasteiger partial charge in [0.05, 0.1) is 5.92 Å². The molecule has 1 aromatic heterocycles. The van der Waals surface area contributed by atoms with Crippen molar-refractivity contribution in [2.24, 2.45) is 5.92 Å². The molecule has 1 aliphatic heterocycles. The lowest BCUT2D eigenvalue weighted by Gasteiger charge is -2.25. The number of hydrogen-bond donors (Lipinski definition) is 0. The van der Waals surface area contributed by atoms with E-state index in [0.29, 0.717) is 25.6 Å². The summed E-state index contributed by atoms with van der Waals surface area (Å²) in [6.07, 6.45) is 9.57. The van der Waals surface area contributed by atoms with Gasteiger partial charge in [-0.1, -0.05) is 12.8 Å². The highest BCUT2D eigenvalue weighted by atomic mass is 16.2. The van der Waals surface area contributed by atoms with Crippen molar-refractivity contribution in [3.05, 3.63) is 18.5 Å². The molecule has 0 bridgehead atoms. The molecule has 2 heterocycles. The minimum atomic E-state index is -0.155. The van der Waals surface area contributed by atoms with Crippen molar-refractivity contribution in [3.8, 4) is 0 Å². The van der Waals surface area contributed by atoms with Gasteiger partial charge in [-0.2, -0.15) is 5.10 Å². The van der Waals surface area contributed by atoms with Crippen LogP contribution in [0.25, 0.3) is 0 Å².